The number of hydrogen-bond acceptors (Lipinski definition) is 10. The van der Waals surface area contributed by atoms with Crippen LogP contribution in [0, 0.1) is 0 Å². The van der Waals surface area contributed by atoms with E-state index in [1.165, 1.54) is 11.3 Å². The van der Waals surface area contributed by atoms with Gasteiger partial charge in [0.15, 0.2) is 10.9 Å². The van der Waals surface area contributed by atoms with Crippen molar-refractivity contribution >= 4 is 22.3 Å². The van der Waals surface area contributed by atoms with E-state index in [1.807, 2.05) is 13.1 Å². The van der Waals surface area contributed by atoms with Gasteiger partial charge in [0, 0.05) is 31.8 Å². The molecule has 28 heavy (non-hydrogen) atoms. The highest BCUT2D eigenvalue weighted by Gasteiger charge is 2.17. The fraction of sp³-hybridized carbons (Fsp3) is 0.389. The smallest absolute Gasteiger partial charge is 0.317 e. The predicted molar refractivity (Wildman–Crippen MR) is 106 cm³/mol. The summed E-state index contributed by atoms with van der Waals surface area (Å²) in [6.45, 7) is 2.11. The number of nitrogens with zero attached hydrogens (tertiary/aromatic N) is 5. The van der Waals surface area contributed by atoms with Gasteiger partial charge in [-0.15, -0.1) is 0 Å². The topological polar surface area (TPSA) is 107 Å². The highest BCUT2D eigenvalue weighted by Crippen LogP contribution is 2.29. The summed E-state index contributed by atoms with van der Waals surface area (Å²) in [5.41, 5.74) is 1.66. The van der Waals surface area contributed by atoms with E-state index >= 15 is 0 Å². The molecule has 0 amide bonds. The number of nitrogens with one attached hydrogen (secondary N) is 2. The summed E-state index contributed by atoms with van der Waals surface area (Å²) in [5, 5.41) is 6.93. The molecule has 0 saturated carbocycles. The zero-order chi connectivity index (χ0) is 19.2. The maximum atomic E-state index is 5.89. The van der Waals surface area contributed by atoms with Gasteiger partial charge in [0.25, 0.3) is 0 Å². The molecular formula is C18H21N7O2S. The Morgan fingerprint density at radius 1 is 1.14 bits per heavy atom. The number of thiazole rings is 1. The molecule has 0 aromatic carbocycles. The molecule has 10 heteroatoms. The minimum Gasteiger partial charge on any atom is -0.460 e. The van der Waals surface area contributed by atoms with E-state index in [2.05, 4.69) is 35.6 Å². The van der Waals surface area contributed by atoms with Gasteiger partial charge in [-0.2, -0.15) is 4.98 Å². The Morgan fingerprint density at radius 3 is 2.82 bits per heavy atom. The fourth-order valence-electron chi connectivity index (χ4n) is 2.73. The number of anilines is 2. The second kappa shape index (κ2) is 9.00. The molecule has 0 aliphatic carbocycles. The van der Waals surface area contributed by atoms with Crippen molar-refractivity contribution in [2.75, 3.05) is 25.6 Å². The normalized spacial score (nSPS) is 14.8. The van der Waals surface area contributed by atoms with E-state index in [0.717, 1.165) is 34.2 Å². The van der Waals surface area contributed by atoms with E-state index in [9.17, 15) is 0 Å². The first kappa shape index (κ1) is 18.7. The third-order valence-electron chi connectivity index (χ3n) is 4.13. The van der Waals surface area contributed by atoms with Crippen LogP contribution in [0.3, 0.4) is 0 Å². The summed E-state index contributed by atoms with van der Waals surface area (Å²) in [6, 6.07) is 2.24. The molecule has 2 N–H and O–H groups in total. The lowest BCUT2D eigenvalue weighted by Crippen LogP contribution is -2.26. The SMILES string of the molecule is CNCc1cnc(Nc2ncc(-c3ccnc(OC4CCOCC4)n3)s2)cn1. The molecule has 0 bridgehead atoms. The van der Waals surface area contributed by atoms with Crippen molar-refractivity contribution < 1.29 is 9.47 Å². The molecule has 1 aliphatic heterocycles. The number of aromatic nitrogens is 5. The summed E-state index contributed by atoms with van der Waals surface area (Å²) < 4.78 is 11.2. The van der Waals surface area contributed by atoms with Gasteiger partial charge in [-0.1, -0.05) is 11.3 Å². The van der Waals surface area contributed by atoms with E-state index < -0.39 is 0 Å². The number of rotatable bonds is 7. The van der Waals surface area contributed by atoms with E-state index in [0.29, 0.717) is 31.6 Å². The number of ether oxygens (including phenoxy) is 2. The Hall–Kier alpha value is -2.69. The monoisotopic (exact) mass is 399 g/mol. The van der Waals surface area contributed by atoms with E-state index in [-0.39, 0.29) is 6.10 Å². The van der Waals surface area contributed by atoms with Crippen LogP contribution in [-0.2, 0) is 11.3 Å². The summed E-state index contributed by atoms with van der Waals surface area (Å²) in [5.74, 6) is 0.645. The standard InChI is InChI=1S/C18H21N7O2S/c1-19-8-12-9-22-16(11-21-12)25-18-23-10-15(28-18)14-2-5-20-17(24-14)27-13-3-6-26-7-4-13/h2,5,9-11,13,19H,3-4,6-8H2,1H3,(H,22,23,25). The van der Waals surface area contributed by atoms with Crippen molar-refractivity contribution in [2.45, 2.75) is 25.5 Å². The molecule has 4 heterocycles. The maximum absolute atomic E-state index is 5.89. The molecule has 0 unspecified atom stereocenters. The Balaban J connectivity index is 1.42. The first-order valence-corrected chi connectivity index (χ1v) is 9.88. The van der Waals surface area contributed by atoms with E-state index in [1.54, 1.807) is 24.8 Å². The van der Waals surface area contributed by atoms with Crippen molar-refractivity contribution in [1.82, 2.24) is 30.2 Å². The van der Waals surface area contributed by atoms with Crippen molar-refractivity contribution in [3.63, 3.8) is 0 Å². The lowest BCUT2D eigenvalue weighted by molar-refractivity contribution is 0.0217. The van der Waals surface area contributed by atoms with Gasteiger partial charge in [0.05, 0.1) is 41.9 Å². The van der Waals surface area contributed by atoms with Crippen LogP contribution in [0.1, 0.15) is 18.5 Å². The molecule has 4 rings (SSSR count). The largest absolute Gasteiger partial charge is 0.460 e. The zero-order valence-corrected chi connectivity index (χ0v) is 16.3. The Kier molecular flexibility index (Phi) is 6.00. The molecule has 1 fully saturated rings. The second-order valence-corrected chi connectivity index (χ2v) is 7.26. The summed E-state index contributed by atoms with van der Waals surface area (Å²) in [7, 11) is 1.87. The zero-order valence-electron chi connectivity index (χ0n) is 15.5. The first-order chi connectivity index (χ1) is 13.8. The molecular weight excluding hydrogens is 378 g/mol. The van der Waals surface area contributed by atoms with E-state index in [4.69, 9.17) is 9.47 Å². The van der Waals surface area contributed by atoms with Crippen molar-refractivity contribution in [1.29, 1.82) is 0 Å². The maximum Gasteiger partial charge on any atom is 0.317 e. The van der Waals surface area contributed by atoms with Crippen LogP contribution in [0.2, 0.25) is 0 Å². The quantitative estimate of drug-likeness (QED) is 0.619. The third-order valence-corrected chi connectivity index (χ3v) is 5.07. The van der Waals surface area contributed by atoms with Gasteiger partial charge in [-0.3, -0.25) is 4.98 Å². The van der Waals surface area contributed by atoms with Crippen LogP contribution >= 0.6 is 11.3 Å². The van der Waals surface area contributed by atoms with Gasteiger partial charge >= 0.3 is 6.01 Å². The molecule has 0 radical (unpaired) electrons. The van der Waals surface area contributed by atoms with Crippen molar-refractivity contribution in [3.8, 4) is 16.6 Å². The average Bonchev–Trinajstić information content (AvgIpc) is 3.19. The fourth-order valence-corrected chi connectivity index (χ4v) is 3.52. The molecule has 3 aromatic heterocycles. The van der Waals surface area contributed by atoms with Crippen LogP contribution in [0.15, 0.2) is 30.9 Å². The van der Waals surface area contributed by atoms with Gasteiger partial charge in [0.2, 0.25) is 0 Å². The lowest BCUT2D eigenvalue weighted by atomic mass is 10.2. The van der Waals surface area contributed by atoms with Crippen molar-refractivity contribution in [3.05, 3.63) is 36.5 Å². The molecule has 0 atom stereocenters. The Labute approximate surface area is 166 Å². The molecule has 1 aliphatic rings. The van der Waals surface area contributed by atoms with Gasteiger partial charge in [0.1, 0.15) is 6.10 Å². The lowest BCUT2D eigenvalue weighted by Gasteiger charge is -2.22. The second-order valence-electron chi connectivity index (χ2n) is 6.23. The molecule has 9 nitrogen and oxygen atoms in total. The summed E-state index contributed by atoms with van der Waals surface area (Å²) in [4.78, 5) is 22.8. The number of hydrogen-bond donors (Lipinski definition) is 2. The minimum absolute atomic E-state index is 0.104. The molecule has 1 saturated heterocycles. The van der Waals surface area contributed by atoms with Crippen LogP contribution in [0.4, 0.5) is 10.9 Å². The Bertz CT molecular complexity index is 897. The Morgan fingerprint density at radius 2 is 2.04 bits per heavy atom. The molecule has 3 aromatic rings. The minimum atomic E-state index is 0.104. The van der Waals surface area contributed by atoms with Crippen LogP contribution in [-0.4, -0.2) is 51.3 Å². The van der Waals surface area contributed by atoms with Crippen LogP contribution < -0.4 is 15.4 Å². The highest BCUT2D eigenvalue weighted by atomic mass is 32.1. The first-order valence-electron chi connectivity index (χ1n) is 9.06. The van der Waals surface area contributed by atoms with Gasteiger partial charge in [-0.25, -0.2) is 15.0 Å². The predicted octanol–water partition coefficient (Wildman–Crippen LogP) is 2.41. The summed E-state index contributed by atoms with van der Waals surface area (Å²) >= 11 is 1.48. The third kappa shape index (κ3) is 4.77. The summed E-state index contributed by atoms with van der Waals surface area (Å²) in [6.07, 6.45) is 8.72. The highest BCUT2D eigenvalue weighted by molar-refractivity contribution is 7.18. The van der Waals surface area contributed by atoms with Gasteiger partial charge < -0.3 is 20.1 Å². The van der Waals surface area contributed by atoms with Crippen LogP contribution in [0.25, 0.3) is 10.6 Å². The molecule has 146 valence electrons. The van der Waals surface area contributed by atoms with Crippen molar-refractivity contribution in [2.24, 2.45) is 0 Å². The van der Waals surface area contributed by atoms with Gasteiger partial charge in [-0.05, 0) is 13.1 Å². The van der Waals surface area contributed by atoms with Crippen LogP contribution in [0.5, 0.6) is 6.01 Å². The average molecular weight is 399 g/mol. The molecule has 0 spiro atoms.